The average molecular weight is 431 g/mol. The number of imidazole rings is 1. The second kappa shape index (κ2) is 7.17. The number of nitrogens with zero attached hydrogens (tertiary/aromatic N) is 3. The Morgan fingerprint density at radius 3 is 2.83 bits per heavy atom. The van der Waals surface area contributed by atoms with E-state index in [1.165, 1.54) is 0 Å². The molecule has 1 heterocycles. The SMILES string of the molecule is C=CCn1c(CN(C)C(=O)c2cccc(I)c2)nc2ccccc21. The van der Waals surface area contributed by atoms with Gasteiger partial charge in [-0.1, -0.05) is 24.3 Å². The van der Waals surface area contributed by atoms with Gasteiger partial charge in [-0.05, 0) is 52.9 Å². The van der Waals surface area contributed by atoms with E-state index in [4.69, 9.17) is 0 Å². The van der Waals surface area contributed by atoms with Crippen molar-refractivity contribution in [3.63, 3.8) is 0 Å². The lowest BCUT2D eigenvalue weighted by molar-refractivity contribution is 0.0780. The Balaban J connectivity index is 1.90. The van der Waals surface area contributed by atoms with Crippen LogP contribution in [0.1, 0.15) is 16.2 Å². The van der Waals surface area contributed by atoms with E-state index in [0.29, 0.717) is 18.7 Å². The number of benzene rings is 2. The molecule has 0 unspecified atom stereocenters. The molecule has 0 saturated heterocycles. The van der Waals surface area contributed by atoms with E-state index >= 15 is 0 Å². The van der Waals surface area contributed by atoms with Crippen LogP contribution in [-0.4, -0.2) is 27.4 Å². The molecule has 0 aliphatic rings. The van der Waals surface area contributed by atoms with Crippen molar-refractivity contribution in [2.75, 3.05) is 7.05 Å². The minimum atomic E-state index is -0.00859. The van der Waals surface area contributed by atoms with E-state index in [1.807, 2.05) is 54.6 Å². The van der Waals surface area contributed by atoms with Crippen molar-refractivity contribution < 1.29 is 4.79 Å². The number of carbonyl (C=O) groups excluding carboxylic acids is 1. The van der Waals surface area contributed by atoms with Gasteiger partial charge in [0, 0.05) is 22.7 Å². The summed E-state index contributed by atoms with van der Waals surface area (Å²) in [5.74, 6) is 0.850. The van der Waals surface area contributed by atoms with Gasteiger partial charge in [-0.15, -0.1) is 6.58 Å². The highest BCUT2D eigenvalue weighted by Gasteiger charge is 2.16. The molecular formula is C19H18IN3O. The summed E-state index contributed by atoms with van der Waals surface area (Å²) >= 11 is 2.21. The third kappa shape index (κ3) is 3.36. The smallest absolute Gasteiger partial charge is 0.254 e. The molecule has 1 amide bonds. The fourth-order valence-electron chi connectivity index (χ4n) is 2.70. The third-order valence-electron chi connectivity index (χ3n) is 3.84. The second-order valence-corrected chi connectivity index (χ2v) is 6.83. The minimum Gasteiger partial charge on any atom is -0.334 e. The van der Waals surface area contributed by atoms with Crippen LogP contribution in [0.25, 0.3) is 11.0 Å². The van der Waals surface area contributed by atoms with Gasteiger partial charge in [0.25, 0.3) is 5.91 Å². The maximum atomic E-state index is 12.7. The lowest BCUT2D eigenvalue weighted by Crippen LogP contribution is -2.27. The van der Waals surface area contributed by atoms with Crippen LogP contribution in [-0.2, 0) is 13.1 Å². The summed E-state index contributed by atoms with van der Waals surface area (Å²) in [5, 5.41) is 0. The Bertz CT molecular complexity index is 901. The number of fused-ring (bicyclic) bond motifs is 1. The van der Waals surface area contributed by atoms with Gasteiger partial charge in [-0.3, -0.25) is 4.79 Å². The average Bonchev–Trinajstić information content (AvgIpc) is 2.92. The molecule has 0 atom stereocenters. The van der Waals surface area contributed by atoms with Crippen LogP contribution in [0, 0.1) is 3.57 Å². The number of hydrogen-bond acceptors (Lipinski definition) is 2. The molecule has 3 rings (SSSR count). The topological polar surface area (TPSA) is 38.1 Å². The molecule has 4 nitrogen and oxygen atoms in total. The summed E-state index contributed by atoms with van der Waals surface area (Å²) in [6, 6.07) is 15.6. The standard InChI is InChI=1S/C19H18IN3O/c1-3-11-23-17-10-5-4-9-16(17)21-18(23)13-22(2)19(24)14-7-6-8-15(20)12-14/h3-10,12H,1,11,13H2,2H3. The highest BCUT2D eigenvalue weighted by molar-refractivity contribution is 14.1. The lowest BCUT2D eigenvalue weighted by atomic mass is 10.2. The molecule has 0 fully saturated rings. The van der Waals surface area contributed by atoms with Crippen LogP contribution in [0.15, 0.2) is 61.2 Å². The zero-order valence-corrected chi connectivity index (χ0v) is 15.6. The fourth-order valence-corrected chi connectivity index (χ4v) is 3.25. The van der Waals surface area contributed by atoms with Crippen molar-refractivity contribution in [1.82, 2.24) is 14.5 Å². The molecular weight excluding hydrogens is 413 g/mol. The maximum Gasteiger partial charge on any atom is 0.254 e. The number of carbonyl (C=O) groups is 1. The van der Waals surface area contributed by atoms with E-state index in [1.54, 1.807) is 11.9 Å². The molecule has 3 aromatic rings. The summed E-state index contributed by atoms with van der Waals surface area (Å²) in [6.07, 6.45) is 1.85. The molecule has 0 saturated carbocycles. The van der Waals surface area contributed by atoms with Crippen LogP contribution < -0.4 is 0 Å². The highest BCUT2D eigenvalue weighted by atomic mass is 127. The first kappa shape index (κ1) is 16.7. The Labute approximate surface area is 154 Å². The van der Waals surface area contributed by atoms with Gasteiger partial charge in [-0.2, -0.15) is 0 Å². The van der Waals surface area contributed by atoms with Crippen molar-refractivity contribution in [2.45, 2.75) is 13.1 Å². The Morgan fingerprint density at radius 1 is 1.29 bits per heavy atom. The number of rotatable bonds is 5. The number of allylic oxidation sites excluding steroid dienone is 1. The molecule has 0 N–H and O–H groups in total. The van der Waals surface area contributed by atoms with Gasteiger partial charge < -0.3 is 9.47 Å². The van der Waals surface area contributed by atoms with Crippen molar-refractivity contribution >= 4 is 39.5 Å². The van der Waals surface area contributed by atoms with Gasteiger partial charge in [0.2, 0.25) is 0 Å². The first-order chi connectivity index (χ1) is 11.6. The molecule has 1 aromatic heterocycles. The number of amides is 1. The summed E-state index contributed by atoms with van der Waals surface area (Å²) in [6.45, 7) is 4.94. The Kier molecular flexibility index (Phi) is 4.99. The molecule has 24 heavy (non-hydrogen) atoms. The summed E-state index contributed by atoms with van der Waals surface area (Å²) < 4.78 is 3.15. The van der Waals surface area contributed by atoms with Crippen LogP contribution in [0.2, 0.25) is 0 Å². The zero-order chi connectivity index (χ0) is 17.1. The molecule has 0 bridgehead atoms. The molecule has 0 spiro atoms. The normalized spacial score (nSPS) is 10.8. The van der Waals surface area contributed by atoms with Gasteiger partial charge in [0.1, 0.15) is 5.82 Å². The van der Waals surface area contributed by atoms with E-state index < -0.39 is 0 Å². The van der Waals surface area contributed by atoms with Crippen LogP contribution >= 0.6 is 22.6 Å². The quantitative estimate of drug-likeness (QED) is 0.451. The maximum absolute atomic E-state index is 12.7. The molecule has 0 radical (unpaired) electrons. The monoisotopic (exact) mass is 431 g/mol. The van der Waals surface area contributed by atoms with Crippen molar-refractivity contribution in [1.29, 1.82) is 0 Å². The van der Waals surface area contributed by atoms with Crippen molar-refractivity contribution in [2.24, 2.45) is 0 Å². The van der Waals surface area contributed by atoms with Gasteiger partial charge in [0.15, 0.2) is 0 Å². The van der Waals surface area contributed by atoms with E-state index in [0.717, 1.165) is 20.4 Å². The molecule has 5 heteroatoms. The van der Waals surface area contributed by atoms with Gasteiger partial charge in [0.05, 0.1) is 17.6 Å². The van der Waals surface area contributed by atoms with Crippen molar-refractivity contribution in [3.8, 4) is 0 Å². The largest absolute Gasteiger partial charge is 0.334 e. The van der Waals surface area contributed by atoms with Crippen LogP contribution in [0.4, 0.5) is 0 Å². The van der Waals surface area contributed by atoms with E-state index in [-0.39, 0.29) is 5.91 Å². The van der Waals surface area contributed by atoms with Crippen molar-refractivity contribution in [3.05, 3.63) is 76.1 Å². The number of aromatic nitrogens is 2. The minimum absolute atomic E-state index is 0.00859. The molecule has 0 aliphatic heterocycles. The summed E-state index contributed by atoms with van der Waals surface area (Å²) in [4.78, 5) is 19.0. The highest BCUT2D eigenvalue weighted by Crippen LogP contribution is 2.18. The number of halogens is 1. The third-order valence-corrected chi connectivity index (χ3v) is 4.51. The molecule has 122 valence electrons. The predicted octanol–water partition coefficient (Wildman–Crippen LogP) is 4.10. The van der Waals surface area contributed by atoms with Crippen LogP contribution in [0.3, 0.4) is 0 Å². The zero-order valence-electron chi connectivity index (χ0n) is 13.4. The first-order valence-corrected chi connectivity index (χ1v) is 8.74. The first-order valence-electron chi connectivity index (χ1n) is 7.66. The van der Waals surface area contributed by atoms with E-state index in [9.17, 15) is 4.79 Å². The van der Waals surface area contributed by atoms with Gasteiger partial charge >= 0.3 is 0 Å². The van der Waals surface area contributed by atoms with Crippen LogP contribution in [0.5, 0.6) is 0 Å². The predicted molar refractivity (Wildman–Crippen MR) is 105 cm³/mol. The lowest BCUT2D eigenvalue weighted by Gasteiger charge is -2.18. The number of para-hydroxylation sites is 2. The molecule has 2 aromatic carbocycles. The Hall–Kier alpha value is -2.15. The summed E-state index contributed by atoms with van der Waals surface area (Å²) in [5.41, 5.74) is 2.68. The summed E-state index contributed by atoms with van der Waals surface area (Å²) in [7, 11) is 1.81. The van der Waals surface area contributed by atoms with E-state index in [2.05, 4.69) is 38.7 Å². The fraction of sp³-hybridized carbons (Fsp3) is 0.158. The molecule has 0 aliphatic carbocycles. The van der Waals surface area contributed by atoms with Gasteiger partial charge in [-0.25, -0.2) is 4.98 Å². The number of hydrogen-bond donors (Lipinski definition) is 0. The second-order valence-electron chi connectivity index (χ2n) is 5.59. The Morgan fingerprint density at radius 2 is 2.08 bits per heavy atom.